The second-order valence-electron chi connectivity index (χ2n) is 2.95. The Morgan fingerprint density at radius 3 is 3.23 bits per heavy atom. The molecule has 0 bridgehead atoms. The number of likely N-dealkylation sites (N-methyl/N-ethyl adjacent to an activating group) is 1. The molecule has 0 saturated heterocycles. The van der Waals surface area contributed by atoms with Gasteiger partial charge in [0.2, 0.25) is 0 Å². The summed E-state index contributed by atoms with van der Waals surface area (Å²) in [5, 5.41) is 3.31. The lowest BCUT2D eigenvalue weighted by atomic mass is 10.5. The molecule has 0 unspecified atom stereocenters. The molecule has 0 atom stereocenters. The molecule has 0 spiro atoms. The monoisotopic (exact) mass is 212 g/mol. The van der Waals surface area contributed by atoms with Gasteiger partial charge in [0.1, 0.15) is 0 Å². The summed E-state index contributed by atoms with van der Waals surface area (Å²) in [5.74, 6) is 1.06. The number of rotatable bonds is 2. The number of hydrogen-bond donors (Lipinski definition) is 0. The summed E-state index contributed by atoms with van der Waals surface area (Å²) in [5.41, 5.74) is 0. The fourth-order valence-electron chi connectivity index (χ4n) is 1.20. The van der Waals surface area contributed by atoms with Crippen LogP contribution >= 0.6 is 23.1 Å². The molecular weight excluding hydrogens is 200 g/mol. The number of nitrogens with zero attached hydrogens (tertiary/aromatic N) is 2. The van der Waals surface area contributed by atoms with Crippen molar-refractivity contribution in [1.82, 2.24) is 4.90 Å². The van der Waals surface area contributed by atoms with E-state index in [0.29, 0.717) is 0 Å². The fourth-order valence-corrected chi connectivity index (χ4v) is 3.00. The summed E-state index contributed by atoms with van der Waals surface area (Å²) in [7, 11) is 2.10. The molecule has 1 aromatic heterocycles. The van der Waals surface area contributed by atoms with Crippen molar-refractivity contribution in [2.24, 2.45) is 4.99 Å². The van der Waals surface area contributed by atoms with Crippen molar-refractivity contribution < 1.29 is 0 Å². The molecule has 0 saturated carbocycles. The minimum Gasteiger partial charge on any atom is -0.353 e. The van der Waals surface area contributed by atoms with Crippen LogP contribution in [0.1, 0.15) is 4.88 Å². The minimum absolute atomic E-state index is 0.962. The zero-order chi connectivity index (χ0) is 9.10. The van der Waals surface area contributed by atoms with Gasteiger partial charge >= 0.3 is 0 Å². The molecule has 0 radical (unpaired) electrons. The Hall–Kier alpha value is -0.480. The molecule has 4 heteroatoms. The van der Waals surface area contributed by atoms with Crippen LogP contribution in [0, 0.1) is 0 Å². The highest BCUT2D eigenvalue weighted by atomic mass is 32.2. The maximum Gasteiger partial charge on any atom is 0.159 e. The molecule has 0 amide bonds. The van der Waals surface area contributed by atoms with Crippen LogP contribution in [0.4, 0.5) is 0 Å². The van der Waals surface area contributed by atoms with E-state index in [9.17, 15) is 0 Å². The zero-order valence-corrected chi connectivity index (χ0v) is 9.20. The SMILES string of the molecule is CN1CCN=C1SCc1cccs1. The first-order chi connectivity index (χ1) is 6.36. The van der Waals surface area contributed by atoms with E-state index in [4.69, 9.17) is 0 Å². The number of aliphatic imine (C=N–C) groups is 1. The van der Waals surface area contributed by atoms with Crippen molar-refractivity contribution >= 4 is 28.3 Å². The normalized spacial score (nSPS) is 16.4. The lowest BCUT2D eigenvalue weighted by Gasteiger charge is -2.11. The van der Waals surface area contributed by atoms with Crippen molar-refractivity contribution in [2.75, 3.05) is 20.1 Å². The first kappa shape index (κ1) is 9.09. The highest BCUT2D eigenvalue weighted by Gasteiger charge is 2.12. The number of hydrogen-bond acceptors (Lipinski definition) is 4. The van der Waals surface area contributed by atoms with Gasteiger partial charge in [0.25, 0.3) is 0 Å². The van der Waals surface area contributed by atoms with E-state index in [1.54, 1.807) is 0 Å². The van der Waals surface area contributed by atoms with Gasteiger partial charge in [-0.1, -0.05) is 17.8 Å². The third kappa shape index (κ3) is 2.25. The van der Waals surface area contributed by atoms with E-state index in [1.165, 1.54) is 10.0 Å². The van der Waals surface area contributed by atoms with Gasteiger partial charge in [0.15, 0.2) is 5.17 Å². The predicted octanol–water partition coefficient (Wildman–Crippen LogP) is 2.28. The molecule has 0 N–H and O–H groups in total. The van der Waals surface area contributed by atoms with Gasteiger partial charge in [-0.25, -0.2) is 0 Å². The van der Waals surface area contributed by atoms with Crippen molar-refractivity contribution in [1.29, 1.82) is 0 Å². The molecule has 13 heavy (non-hydrogen) atoms. The predicted molar refractivity (Wildman–Crippen MR) is 60.5 cm³/mol. The summed E-state index contributed by atoms with van der Waals surface area (Å²) in [6.45, 7) is 2.04. The quantitative estimate of drug-likeness (QED) is 0.747. The molecule has 0 aromatic carbocycles. The van der Waals surface area contributed by atoms with Gasteiger partial charge in [-0.3, -0.25) is 4.99 Å². The summed E-state index contributed by atoms with van der Waals surface area (Å²) in [6.07, 6.45) is 0. The fraction of sp³-hybridized carbons (Fsp3) is 0.444. The Bertz CT molecular complexity index is 293. The Kier molecular flexibility index (Phi) is 2.90. The molecule has 2 rings (SSSR count). The topological polar surface area (TPSA) is 15.6 Å². The highest BCUT2D eigenvalue weighted by molar-refractivity contribution is 8.13. The van der Waals surface area contributed by atoms with Crippen LogP contribution in [0.5, 0.6) is 0 Å². The van der Waals surface area contributed by atoms with E-state index < -0.39 is 0 Å². The van der Waals surface area contributed by atoms with Gasteiger partial charge in [0, 0.05) is 24.2 Å². The van der Waals surface area contributed by atoms with Gasteiger partial charge in [-0.2, -0.15) is 0 Å². The third-order valence-electron chi connectivity index (χ3n) is 1.93. The summed E-state index contributed by atoms with van der Waals surface area (Å²) < 4.78 is 0. The first-order valence-corrected chi connectivity index (χ1v) is 6.13. The average Bonchev–Trinajstić information content (AvgIpc) is 2.72. The van der Waals surface area contributed by atoms with Crippen LogP contribution in [0.25, 0.3) is 0 Å². The zero-order valence-electron chi connectivity index (χ0n) is 7.56. The molecule has 2 nitrogen and oxygen atoms in total. The van der Waals surface area contributed by atoms with Gasteiger partial charge in [-0.15, -0.1) is 11.3 Å². The summed E-state index contributed by atoms with van der Waals surface area (Å²) >= 11 is 3.65. The van der Waals surface area contributed by atoms with E-state index in [2.05, 4.69) is 34.5 Å². The molecule has 0 fully saturated rings. The van der Waals surface area contributed by atoms with Crippen LogP contribution in [-0.2, 0) is 5.75 Å². The maximum atomic E-state index is 4.43. The Labute approximate surface area is 86.7 Å². The largest absolute Gasteiger partial charge is 0.353 e. The Morgan fingerprint density at radius 1 is 1.69 bits per heavy atom. The van der Waals surface area contributed by atoms with E-state index >= 15 is 0 Å². The van der Waals surface area contributed by atoms with E-state index in [-0.39, 0.29) is 0 Å². The molecular formula is C9H12N2S2. The number of amidine groups is 1. The van der Waals surface area contributed by atoms with Crippen LogP contribution in [0.15, 0.2) is 22.5 Å². The molecule has 1 aliphatic heterocycles. The van der Waals surface area contributed by atoms with Crippen molar-refractivity contribution in [3.63, 3.8) is 0 Å². The average molecular weight is 212 g/mol. The standard InChI is InChI=1S/C9H12N2S2/c1-11-5-4-10-9(11)13-7-8-3-2-6-12-8/h2-3,6H,4-5,7H2,1H3. The summed E-state index contributed by atoms with van der Waals surface area (Å²) in [4.78, 5) is 8.07. The lowest BCUT2D eigenvalue weighted by molar-refractivity contribution is 0.564. The third-order valence-corrected chi connectivity index (χ3v) is 4.15. The van der Waals surface area contributed by atoms with Crippen molar-refractivity contribution in [2.45, 2.75) is 5.75 Å². The number of thiophene rings is 1. The molecule has 1 aliphatic rings. The van der Waals surface area contributed by atoms with Crippen LogP contribution in [0.3, 0.4) is 0 Å². The van der Waals surface area contributed by atoms with Crippen LogP contribution in [-0.4, -0.2) is 30.2 Å². The molecule has 2 heterocycles. The van der Waals surface area contributed by atoms with Gasteiger partial charge < -0.3 is 4.90 Å². The van der Waals surface area contributed by atoms with Gasteiger partial charge in [-0.05, 0) is 11.4 Å². The minimum atomic E-state index is 0.962. The Morgan fingerprint density at radius 2 is 2.62 bits per heavy atom. The molecule has 70 valence electrons. The highest BCUT2D eigenvalue weighted by Crippen LogP contribution is 2.20. The van der Waals surface area contributed by atoms with E-state index in [1.807, 2.05) is 23.1 Å². The second kappa shape index (κ2) is 4.15. The van der Waals surface area contributed by atoms with Crippen molar-refractivity contribution in [3.05, 3.63) is 22.4 Å². The molecule has 0 aliphatic carbocycles. The van der Waals surface area contributed by atoms with Crippen molar-refractivity contribution in [3.8, 4) is 0 Å². The van der Waals surface area contributed by atoms with Gasteiger partial charge in [0.05, 0.1) is 6.54 Å². The van der Waals surface area contributed by atoms with Crippen LogP contribution < -0.4 is 0 Å². The van der Waals surface area contributed by atoms with Crippen LogP contribution in [0.2, 0.25) is 0 Å². The maximum absolute atomic E-state index is 4.43. The first-order valence-electron chi connectivity index (χ1n) is 4.27. The second-order valence-corrected chi connectivity index (χ2v) is 4.93. The smallest absolute Gasteiger partial charge is 0.159 e. The number of thioether (sulfide) groups is 1. The lowest BCUT2D eigenvalue weighted by Crippen LogP contribution is -2.19. The molecule has 1 aromatic rings. The summed E-state index contributed by atoms with van der Waals surface area (Å²) in [6, 6.07) is 4.27. The Balaban J connectivity index is 1.86. The van der Waals surface area contributed by atoms with E-state index in [0.717, 1.165) is 18.8 Å².